The fourth-order valence-corrected chi connectivity index (χ4v) is 5.25. The zero-order chi connectivity index (χ0) is 21.3. The van der Waals surface area contributed by atoms with E-state index in [1.807, 2.05) is 85.1 Å². The number of hydrogen-bond acceptors (Lipinski definition) is 5. The molecule has 0 bridgehead atoms. The molecule has 0 amide bonds. The first-order chi connectivity index (χ1) is 15.8. The number of hydrogen-bond donors (Lipinski definition) is 0. The van der Waals surface area contributed by atoms with Crippen molar-refractivity contribution in [3.05, 3.63) is 103 Å². The average molecular weight is 432 g/mol. The van der Waals surface area contributed by atoms with E-state index in [1.54, 1.807) is 6.20 Å². The molecule has 5 aromatic rings. The van der Waals surface area contributed by atoms with Crippen molar-refractivity contribution in [3.63, 3.8) is 0 Å². The van der Waals surface area contributed by atoms with Crippen LogP contribution in [0.3, 0.4) is 0 Å². The van der Waals surface area contributed by atoms with Gasteiger partial charge in [-0.05, 0) is 35.7 Å². The second-order valence-corrected chi connectivity index (χ2v) is 8.69. The molecule has 0 N–H and O–H groups in total. The van der Waals surface area contributed by atoms with E-state index in [1.165, 1.54) is 0 Å². The fraction of sp³-hybridized carbons (Fsp3) is 0. The molecule has 4 aromatic carbocycles. The molecule has 32 heavy (non-hydrogen) atoms. The van der Waals surface area contributed by atoms with Crippen molar-refractivity contribution in [2.75, 3.05) is 0 Å². The summed E-state index contributed by atoms with van der Waals surface area (Å²) < 4.78 is 19.2. The Morgan fingerprint density at radius 2 is 1.56 bits per heavy atom. The van der Waals surface area contributed by atoms with Crippen LogP contribution in [0.2, 0.25) is 0 Å². The van der Waals surface area contributed by atoms with E-state index in [0.29, 0.717) is 17.2 Å². The quantitative estimate of drug-likeness (QED) is 0.322. The summed E-state index contributed by atoms with van der Waals surface area (Å²) in [5.41, 5.74) is 2.38. The molecule has 1 aromatic heterocycles. The minimum absolute atomic E-state index is 0.630. The zero-order valence-corrected chi connectivity index (χ0v) is 18.2. The number of aromatic nitrogens is 1. The lowest BCUT2D eigenvalue weighted by atomic mass is 10.1. The highest BCUT2D eigenvalue weighted by molar-refractivity contribution is 6.40. The summed E-state index contributed by atoms with van der Waals surface area (Å²) in [7, 11) is 0. The Hall–Kier alpha value is -3.85. The van der Waals surface area contributed by atoms with Crippen LogP contribution in [0, 0.1) is 0 Å². The molecule has 0 radical (unpaired) electrons. The number of benzene rings is 4. The summed E-state index contributed by atoms with van der Waals surface area (Å²) in [6, 6.07) is 29.6. The van der Waals surface area contributed by atoms with E-state index in [4.69, 9.17) is 11.4 Å². The predicted octanol–water partition coefficient (Wildman–Crippen LogP) is 5.97. The zero-order valence-electron chi connectivity index (χ0n) is 17.0. The van der Waals surface area contributed by atoms with Crippen LogP contribution in [0.25, 0.3) is 21.7 Å². The number of nitrogens with zero attached hydrogens (tertiary/aromatic N) is 2. The van der Waals surface area contributed by atoms with Crippen LogP contribution >= 0.6 is 0 Å². The van der Waals surface area contributed by atoms with Gasteiger partial charge in [0.25, 0.3) is 0 Å². The van der Waals surface area contributed by atoms with Crippen LogP contribution in [-0.2, 0) is 0 Å². The summed E-state index contributed by atoms with van der Waals surface area (Å²) in [6.07, 6.45) is 3.58. The first kappa shape index (κ1) is 18.9. The number of rotatable bonds is 2. The highest BCUT2D eigenvalue weighted by atomic mass is 27.3. The molecule has 2 heterocycles. The Labute approximate surface area is 189 Å². The standard InChI is InChI=1S/C17H13NO2.C9H7NO.Al/c19-16-8-4-3-7-15(16)18-11-13-10-9-12-5-1-2-6-14(12)17(13)20;11-8-5-1-3-7-4-2-6-10-9(7)8;/h1-11,19-20H;1-6,11H;/q;;+3/p-3. The largest absolute Gasteiger partial charge is 1.20 e. The molecule has 0 aliphatic carbocycles. The van der Waals surface area contributed by atoms with Gasteiger partial charge in [0.05, 0.1) is 0 Å². The monoisotopic (exact) mass is 432 g/mol. The molecule has 1 aliphatic rings. The maximum absolute atomic E-state index is 6.52. The number of para-hydroxylation sites is 3. The summed E-state index contributed by atoms with van der Waals surface area (Å²) >= 11 is -2.76. The fourth-order valence-electron chi connectivity index (χ4n) is 3.84. The second kappa shape index (κ2) is 8.01. The van der Waals surface area contributed by atoms with Gasteiger partial charge in [-0.3, -0.25) is 9.98 Å². The molecule has 1 aliphatic heterocycles. The average Bonchev–Trinajstić information content (AvgIpc) is 2.91. The number of pyridine rings is 1. The first-order valence-electron chi connectivity index (χ1n) is 10.3. The van der Waals surface area contributed by atoms with Crippen molar-refractivity contribution >= 4 is 48.7 Å². The third-order valence-corrected chi connectivity index (χ3v) is 6.70. The molecule has 0 saturated heterocycles. The van der Waals surface area contributed by atoms with Crippen LogP contribution in [0.15, 0.2) is 102 Å². The van der Waals surface area contributed by atoms with Crippen LogP contribution in [0.4, 0.5) is 5.69 Å². The van der Waals surface area contributed by atoms with E-state index in [0.717, 1.165) is 32.9 Å². The Kier molecular flexibility index (Phi) is 4.73. The highest BCUT2D eigenvalue weighted by Crippen LogP contribution is 2.35. The molecule has 5 nitrogen and oxygen atoms in total. The SMILES string of the molecule is C1=Nc2ccccc2[O][Al]([O]c2cccc3cccnc23)[O]c2c1ccc1ccccc21. The Balaban J connectivity index is 1.50. The summed E-state index contributed by atoms with van der Waals surface area (Å²) in [6.45, 7) is 0. The Bertz CT molecular complexity index is 1480. The molecule has 0 atom stereocenters. The molecule has 0 unspecified atom stereocenters. The molecular formula is C26H17AlN2O3. The Morgan fingerprint density at radius 1 is 0.719 bits per heavy atom. The molecule has 0 spiro atoms. The van der Waals surface area contributed by atoms with Gasteiger partial charge in [0.1, 0.15) is 28.5 Å². The minimum atomic E-state index is -2.76. The normalized spacial score (nSPS) is 12.7. The van der Waals surface area contributed by atoms with Gasteiger partial charge in [-0.25, -0.2) is 0 Å². The van der Waals surface area contributed by atoms with Crippen molar-refractivity contribution in [1.82, 2.24) is 4.98 Å². The van der Waals surface area contributed by atoms with Crippen LogP contribution in [0.1, 0.15) is 5.56 Å². The van der Waals surface area contributed by atoms with Crippen molar-refractivity contribution in [2.45, 2.75) is 0 Å². The topological polar surface area (TPSA) is 52.9 Å². The van der Waals surface area contributed by atoms with Gasteiger partial charge in [-0.2, -0.15) is 0 Å². The Morgan fingerprint density at radius 3 is 2.56 bits per heavy atom. The van der Waals surface area contributed by atoms with Crippen LogP contribution < -0.4 is 11.4 Å². The van der Waals surface area contributed by atoms with E-state index in [-0.39, 0.29) is 0 Å². The van der Waals surface area contributed by atoms with E-state index < -0.39 is 15.1 Å². The van der Waals surface area contributed by atoms with Crippen molar-refractivity contribution in [2.24, 2.45) is 4.99 Å². The summed E-state index contributed by atoms with van der Waals surface area (Å²) in [5.74, 6) is 1.98. The maximum Gasteiger partial charge on any atom is 1.20 e. The molecule has 6 rings (SSSR count). The van der Waals surface area contributed by atoms with Gasteiger partial charge in [0.15, 0.2) is 0 Å². The van der Waals surface area contributed by atoms with Crippen LogP contribution in [0.5, 0.6) is 17.2 Å². The first-order valence-corrected chi connectivity index (χ1v) is 11.8. The summed E-state index contributed by atoms with van der Waals surface area (Å²) in [5, 5.41) is 3.07. The molecule has 0 fully saturated rings. The van der Waals surface area contributed by atoms with Gasteiger partial charge >= 0.3 is 15.1 Å². The third kappa shape index (κ3) is 3.46. The highest BCUT2D eigenvalue weighted by Gasteiger charge is 2.46. The van der Waals surface area contributed by atoms with Crippen molar-refractivity contribution in [1.29, 1.82) is 0 Å². The minimum Gasteiger partial charge on any atom is -0.576 e. The lowest BCUT2D eigenvalue weighted by Crippen LogP contribution is -2.37. The molecule has 6 heteroatoms. The van der Waals surface area contributed by atoms with Gasteiger partial charge in [-0.1, -0.05) is 60.7 Å². The van der Waals surface area contributed by atoms with Gasteiger partial charge in [0, 0.05) is 28.7 Å². The van der Waals surface area contributed by atoms with Gasteiger partial charge < -0.3 is 11.4 Å². The number of fused-ring (bicyclic) bond motifs is 5. The maximum atomic E-state index is 6.52. The van der Waals surface area contributed by atoms with Crippen molar-refractivity contribution < 1.29 is 11.4 Å². The third-order valence-electron chi connectivity index (χ3n) is 5.37. The predicted molar refractivity (Wildman–Crippen MR) is 127 cm³/mol. The van der Waals surface area contributed by atoms with E-state index in [2.05, 4.69) is 22.1 Å². The summed E-state index contributed by atoms with van der Waals surface area (Å²) in [4.78, 5) is 9.18. The molecule has 152 valence electrons. The van der Waals surface area contributed by atoms with E-state index >= 15 is 0 Å². The second-order valence-electron chi connectivity index (χ2n) is 7.40. The van der Waals surface area contributed by atoms with Gasteiger partial charge in [0.2, 0.25) is 0 Å². The smallest absolute Gasteiger partial charge is 0.576 e. The van der Waals surface area contributed by atoms with E-state index in [9.17, 15) is 0 Å². The lowest BCUT2D eigenvalue weighted by Gasteiger charge is -2.19. The van der Waals surface area contributed by atoms with Gasteiger partial charge in [-0.15, -0.1) is 0 Å². The van der Waals surface area contributed by atoms with Crippen LogP contribution in [-0.4, -0.2) is 26.3 Å². The number of aliphatic imine (C=N–C) groups is 1. The molecular weight excluding hydrogens is 415 g/mol. The van der Waals surface area contributed by atoms with Crippen molar-refractivity contribution in [3.8, 4) is 17.2 Å². The molecule has 0 saturated carbocycles. The lowest BCUT2D eigenvalue weighted by molar-refractivity contribution is 0.310.